The number of hydrogen-bond donors (Lipinski definition) is 3. The van der Waals surface area contributed by atoms with Crippen molar-refractivity contribution in [3.63, 3.8) is 0 Å². The number of rotatable bonds is 18. The monoisotopic (exact) mass is 987 g/mol. The highest BCUT2D eigenvalue weighted by atomic mass is 16.5. The molecule has 15 heteroatoms. The third kappa shape index (κ3) is 11.5. The van der Waals surface area contributed by atoms with Crippen molar-refractivity contribution in [1.82, 2.24) is 15.1 Å². The summed E-state index contributed by atoms with van der Waals surface area (Å²) in [6.45, 7) is 6.28. The van der Waals surface area contributed by atoms with E-state index in [4.69, 9.17) is 24.3 Å². The highest BCUT2D eigenvalue weighted by Crippen LogP contribution is 2.39. The third-order valence-corrected chi connectivity index (χ3v) is 14.4. The molecule has 0 saturated carbocycles. The number of anilines is 1. The Hall–Kier alpha value is -7.81. The number of ether oxygens (including phenoxy) is 3. The van der Waals surface area contributed by atoms with Crippen molar-refractivity contribution in [1.29, 1.82) is 0 Å². The minimum atomic E-state index is -0.932. The van der Waals surface area contributed by atoms with Gasteiger partial charge in [0, 0.05) is 67.8 Å². The van der Waals surface area contributed by atoms with Crippen molar-refractivity contribution in [2.75, 3.05) is 12.4 Å². The Balaban J connectivity index is 0.924. The second kappa shape index (κ2) is 21.9. The number of fused-ring (bicyclic) bond motifs is 6. The van der Waals surface area contributed by atoms with Gasteiger partial charge in [-0.3, -0.25) is 33.8 Å². The average molecular weight is 988 g/mol. The van der Waals surface area contributed by atoms with Crippen LogP contribution in [0.4, 0.5) is 11.4 Å². The molecule has 4 aliphatic rings. The number of benzene rings is 5. The number of nitrogens with zero attached hydrogens (tertiary/aromatic N) is 3. The zero-order valence-corrected chi connectivity index (χ0v) is 41.7. The van der Waals surface area contributed by atoms with Crippen LogP contribution in [-0.4, -0.2) is 81.7 Å². The summed E-state index contributed by atoms with van der Waals surface area (Å²) in [5.41, 5.74) is 9.84. The fourth-order valence-corrected chi connectivity index (χ4v) is 10.3. The van der Waals surface area contributed by atoms with E-state index in [0.29, 0.717) is 89.6 Å². The lowest BCUT2D eigenvalue weighted by Crippen LogP contribution is -2.44. The predicted octanol–water partition coefficient (Wildman–Crippen LogP) is 8.64. The van der Waals surface area contributed by atoms with Crippen LogP contribution in [0.5, 0.6) is 17.2 Å². The van der Waals surface area contributed by atoms with Crippen molar-refractivity contribution in [3.8, 4) is 17.2 Å². The molecule has 0 fully saturated rings. The van der Waals surface area contributed by atoms with Gasteiger partial charge in [0.15, 0.2) is 17.3 Å². The molecule has 378 valence electrons. The summed E-state index contributed by atoms with van der Waals surface area (Å²) in [4.78, 5) is 87.1. The van der Waals surface area contributed by atoms with Crippen LogP contribution in [0.15, 0.2) is 96.0 Å². The number of nitrogens with one attached hydrogen (secondary N) is 2. The lowest BCUT2D eigenvalue weighted by Gasteiger charge is -2.35. The first kappa shape index (κ1) is 50.1. The van der Waals surface area contributed by atoms with E-state index >= 15 is 0 Å². The number of hydrogen-bond acceptors (Lipinski definition) is 10. The van der Waals surface area contributed by atoms with E-state index in [-0.39, 0.29) is 68.1 Å². The van der Waals surface area contributed by atoms with Crippen LogP contribution >= 0.6 is 0 Å². The number of carbonyl (C=O) groups excluding carboxylic acids is 5. The number of methoxy groups -OCH3 is 1. The van der Waals surface area contributed by atoms with Gasteiger partial charge in [0.2, 0.25) is 11.8 Å². The van der Waals surface area contributed by atoms with Crippen LogP contribution in [0.2, 0.25) is 0 Å². The Morgan fingerprint density at radius 1 is 0.740 bits per heavy atom. The van der Waals surface area contributed by atoms with Crippen molar-refractivity contribution in [2.45, 2.75) is 123 Å². The smallest absolute Gasteiger partial charge is 0.303 e. The second-order valence-electron chi connectivity index (χ2n) is 19.7. The number of carboxylic acids is 1. The summed E-state index contributed by atoms with van der Waals surface area (Å²) in [6, 6.07) is 28.3. The molecule has 3 N–H and O–H groups in total. The number of aliphatic carboxylic acids is 1. The van der Waals surface area contributed by atoms with Gasteiger partial charge in [0.1, 0.15) is 19.0 Å². The summed E-state index contributed by atoms with van der Waals surface area (Å²) in [7, 11) is 1.54. The first-order valence-electron chi connectivity index (χ1n) is 25.1. The van der Waals surface area contributed by atoms with E-state index in [2.05, 4.69) is 34.9 Å². The van der Waals surface area contributed by atoms with Gasteiger partial charge >= 0.3 is 5.97 Å². The molecule has 15 nitrogen and oxygen atoms in total. The van der Waals surface area contributed by atoms with Crippen molar-refractivity contribution >= 4 is 53.0 Å². The van der Waals surface area contributed by atoms with Crippen LogP contribution in [0, 0.1) is 12.8 Å². The van der Waals surface area contributed by atoms with E-state index in [0.717, 1.165) is 35.1 Å². The van der Waals surface area contributed by atoms with Gasteiger partial charge < -0.3 is 39.8 Å². The first-order valence-corrected chi connectivity index (χ1v) is 25.1. The summed E-state index contributed by atoms with van der Waals surface area (Å²) < 4.78 is 18.8. The van der Waals surface area contributed by atoms with Crippen LogP contribution in [0.1, 0.15) is 118 Å². The first-order chi connectivity index (χ1) is 35.2. The second-order valence-corrected chi connectivity index (χ2v) is 19.7. The van der Waals surface area contributed by atoms with Gasteiger partial charge in [-0.05, 0) is 133 Å². The Morgan fingerprint density at radius 3 is 2.08 bits per heavy atom. The van der Waals surface area contributed by atoms with E-state index < -0.39 is 23.8 Å². The SMILES string of the molecule is COc1cc2c(cc1OCc1cc(COc3cc4c(cc3C)C(=O)N3Cc5ccccc5C[C@H]3C=N4)cc(NC(=O)[C@H](C)CC(=O)[C@H](C)NC(=O)CCCCC(=O)O)c1)CC[C@@H]1Cc3ccccc3CN1C2=O. The molecule has 0 saturated heterocycles. The molecule has 0 aromatic heterocycles. The zero-order chi connectivity index (χ0) is 51.3. The number of ketones is 1. The molecule has 4 amide bonds. The van der Waals surface area contributed by atoms with Crippen molar-refractivity contribution in [3.05, 3.63) is 147 Å². The normalized spacial score (nSPS) is 17.2. The Kier molecular flexibility index (Phi) is 15.0. The summed E-state index contributed by atoms with van der Waals surface area (Å²) in [5, 5.41) is 14.5. The molecule has 0 aliphatic carbocycles. The van der Waals surface area contributed by atoms with Gasteiger partial charge in [0.25, 0.3) is 11.8 Å². The molecule has 4 aliphatic heterocycles. The van der Waals surface area contributed by atoms with E-state index in [1.165, 1.54) is 11.1 Å². The number of unbranched alkanes of at least 4 members (excludes halogenated alkanes) is 1. The molecule has 4 atom stereocenters. The van der Waals surface area contributed by atoms with Crippen LogP contribution in [-0.2, 0) is 64.7 Å². The highest BCUT2D eigenvalue weighted by Gasteiger charge is 2.36. The maximum absolute atomic E-state index is 14.1. The van der Waals surface area contributed by atoms with Gasteiger partial charge in [0.05, 0.1) is 30.4 Å². The summed E-state index contributed by atoms with van der Waals surface area (Å²) in [5.74, 6) is -1.49. The number of Topliss-reactive ketones (excluding diaryl/α,β-unsaturated/α-hetero) is 1. The lowest BCUT2D eigenvalue weighted by molar-refractivity contribution is -0.137. The maximum atomic E-state index is 14.1. The van der Waals surface area contributed by atoms with E-state index in [9.17, 15) is 28.8 Å². The number of amides is 4. The highest BCUT2D eigenvalue weighted by molar-refractivity contribution is 6.03. The molecule has 4 heterocycles. The quantitative estimate of drug-likeness (QED) is 0.0716. The van der Waals surface area contributed by atoms with Gasteiger partial charge in [-0.15, -0.1) is 0 Å². The minimum absolute atomic E-state index is 0.0325. The number of carboxylic acid groups (broad SMARTS) is 1. The molecule has 0 radical (unpaired) electrons. The van der Waals surface area contributed by atoms with E-state index in [1.54, 1.807) is 45.2 Å². The fourth-order valence-electron chi connectivity index (χ4n) is 10.3. The molecule has 5 aromatic rings. The molecule has 0 bridgehead atoms. The predicted molar refractivity (Wildman–Crippen MR) is 274 cm³/mol. The van der Waals surface area contributed by atoms with Crippen LogP contribution < -0.4 is 24.8 Å². The largest absolute Gasteiger partial charge is 0.493 e. The summed E-state index contributed by atoms with van der Waals surface area (Å²) >= 11 is 0. The lowest BCUT2D eigenvalue weighted by atomic mass is 9.92. The molecule has 73 heavy (non-hydrogen) atoms. The molecule has 0 spiro atoms. The molecular formula is C58H61N5O10. The molecular weight excluding hydrogens is 927 g/mol. The minimum Gasteiger partial charge on any atom is -0.493 e. The van der Waals surface area contributed by atoms with Gasteiger partial charge in [-0.1, -0.05) is 55.5 Å². The molecule has 5 aromatic carbocycles. The molecule has 9 rings (SSSR count). The number of aryl methyl sites for hydroxylation is 2. The van der Waals surface area contributed by atoms with Gasteiger partial charge in [-0.2, -0.15) is 0 Å². The third-order valence-electron chi connectivity index (χ3n) is 14.4. The topological polar surface area (TPSA) is 193 Å². The summed E-state index contributed by atoms with van der Waals surface area (Å²) in [6.07, 6.45) is 5.46. The van der Waals surface area contributed by atoms with Crippen LogP contribution in [0.3, 0.4) is 0 Å². The van der Waals surface area contributed by atoms with Crippen molar-refractivity contribution < 1.29 is 48.1 Å². The van der Waals surface area contributed by atoms with Crippen molar-refractivity contribution in [2.24, 2.45) is 10.9 Å². The van der Waals surface area contributed by atoms with E-state index in [1.807, 2.05) is 65.4 Å². The van der Waals surface area contributed by atoms with Gasteiger partial charge in [-0.25, -0.2) is 0 Å². The Labute approximate surface area is 424 Å². The Bertz CT molecular complexity index is 3020. The standard InChI is InChI=1S/C58H61N5O10/c1-34-19-48-49(59-29-46-25-40-12-6-8-14-43(40)31-63(46)58(48)70)28-51(34)72-32-37-21-38(23-44(22-37)61-56(68)35(2)20-50(64)36(3)60-54(65)15-9-10-16-55(66)67)33-73-53-26-41-17-18-45-24-39-11-5-7-13-42(39)30-62(45)57(69)47(41)27-52(53)71-4/h5-8,11-14,19,21-23,26-29,35-36,45-46H,9-10,15-18,20,24-25,30-33H2,1-4H3,(H,60,65)(H,61,68)(H,66,67)/t35-,36+,45-,46+/m1/s1. The number of aliphatic imine (C=N–C) groups is 1. The Morgan fingerprint density at radius 2 is 1.38 bits per heavy atom. The fraction of sp³-hybridized carbons (Fsp3) is 0.362. The number of carbonyl (C=O) groups is 6. The van der Waals surface area contributed by atoms with Crippen LogP contribution in [0.25, 0.3) is 0 Å². The zero-order valence-electron chi connectivity index (χ0n) is 41.7. The molecule has 0 unspecified atom stereocenters. The maximum Gasteiger partial charge on any atom is 0.303 e. The average Bonchev–Trinajstić information content (AvgIpc) is 3.59.